The van der Waals surface area contributed by atoms with Crippen LogP contribution in [0, 0.1) is 0 Å². The number of nitrogens with zero attached hydrogens (tertiary/aromatic N) is 1. The van der Waals surface area contributed by atoms with Crippen molar-refractivity contribution in [2.75, 3.05) is 13.1 Å². The summed E-state index contributed by atoms with van der Waals surface area (Å²) in [5.74, 6) is -0.440. The zero-order valence-electron chi connectivity index (χ0n) is 11.4. The molecular formula is C13H20N2O3S. The van der Waals surface area contributed by atoms with Crippen molar-refractivity contribution >= 4 is 23.2 Å². The minimum Gasteiger partial charge on any atom is -0.392 e. The van der Waals surface area contributed by atoms with E-state index in [9.17, 15) is 14.7 Å². The molecule has 1 rings (SSSR count). The molecule has 0 spiro atoms. The van der Waals surface area contributed by atoms with E-state index in [0.29, 0.717) is 4.88 Å². The van der Waals surface area contributed by atoms with Crippen LogP contribution in [0.4, 0.5) is 0 Å². The van der Waals surface area contributed by atoms with E-state index in [1.54, 1.807) is 24.0 Å². The molecule has 1 unspecified atom stereocenters. The second-order valence-electron chi connectivity index (χ2n) is 4.65. The number of aliphatic hydroxyl groups is 1. The van der Waals surface area contributed by atoms with Crippen molar-refractivity contribution in [3.05, 3.63) is 22.4 Å². The molecule has 19 heavy (non-hydrogen) atoms. The third kappa shape index (κ3) is 5.00. The molecule has 1 aromatic heterocycles. The Morgan fingerprint density at radius 2 is 2.11 bits per heavy atom. The Morgan fingerprint density at radius 1 is 1.42 bits per heavy atom. The van der Waals surface area contributed by atoms with Gasteiger partial charge in [-0.15, -0.1) is 11.3 Å². The molecule has 1 atom stereocenters. The Balaban J connectivity index is 2.51. The number of nitrogens with one attached hydrogen (secondary N) is 1. The predicted molar refractivity (Wildman–Crippen MR) is 75.2 cm³/mol. The van der Waals surface area contributed by atoms with Crippen LogP contribution in [0.2, 0.25) is 0 Å². The van der Waals surface area contributed by atoms with Gasteiger partial charge >= 0.3 is 0 Å². The smallest absolute Gasteiger partial charge is 0.261 e. The molecule has 6 heteroatoms. The molecule has 2 N–H and O–H groups in total. The Bertz CT molecular complexity index is 416. The van der Waals surface area contributed by atoms with E-state index in [-0.39, 0.29) is 30.9 Å². The van der Waals surface area contributed by atoms with E-state index in [1.807, 2.05) is 19.2 Å². The molecule has 0 aliphatic heterocycles. The first-order valence-electron chi connectivity index (χ1n) is 6.21. The highest BCUT2D eigenvalue weighted by Gasteiger charge is 2.19. The minimum absolute atomic E-state index is 0.0132. The van der Waals surface area contributed by atoms with Crippen LogP contribution in [0.15, 0.2) is 17.5 Å². The minimum atomic E-state index is -0.584. The Kier molecular flexibility index (Phi) is 5.98. The largest absolute Gasteiger partial charge is 0.392 e. The van der Waals surface area contributed by atoms with Gasteiger partial charge in [0, 0.05) is 12.6 Å². The lowest BCUT2D eigenvalue weighted by Gasteiger charge is -2.28. The summed E-state index contributed by atoms with van der Waals surface area (Å²) < 4.78 is 0. The zero-order valence-corrected chi connectivity index (χ0v) is 12.2. The van der Waals surface area contributed by atoms with E-state index in [4.69, 9.17) is 0 Å². The van der Waals surface area contributed by atoms with Gasteiger partial charge in [-0.1, -0.05) is 6.07 Å². The standard InChI is InChI=1S/C13H20N2O3S/c1-9(2)15(8-10(3)16)12(17)7-14-13(18)11-5-4-6-19-11/h4-6,9-10,16H,7-8H2,1-3H3,(H,14,18). The number of aliphatic hydroxyl groups excluding tert-OH is 1. The molecule has 1 aromatic rings. The van der Waals surface area contributed by atoms with Gasteiger partial charge in [0.2, 0.25) is 5.91 Å². The fourth-order valence-electron chi connectivity index (χ4n) is 1.64. The van der Waals surface area contributed by atoms with Crippen LogP contribution in [0.1, 0.15) is 30.4 Å². The van der Waals surface area contributed by atoms with Crippen LogP contribution in [0.3, 0.4) is 0 Å². The molecule has 2 amide bonds. The number of hydrogen-bond acceptors (Lipinski definition) is 4. The maximum atomic E-state index is 12.0. The molecule has 0 saturated carbocycles. The average Bonchev–Trinajstić information content (AvgIpc) is 2.85. The second-order valence-corrected chi connectivity index (χ2v) is 5.60. The monoisotopic (exact) mass is 284 g/mol. The number of carbonyl (C=O) groups excluding carboxylic acids is 2. The van der Waals surface area contributed by atoms with Gasteiger partial charge in [0.15, 0.2) is 0 Å². The average molecular weight is 284 g/mol. The molecule has 0 aromatic carbocycles. The summed E-state index contributed by atoms with van der Waals surface area (Å²) in [6, 6.07) is 3.48. The highest BCUT2D eigenvalue weighted by Crippen LogP contribution is 2.07. The molecular weight excluding hydrogens is 264 g/mol. The molecule has 106 valence electrons. The first-order chi connectivity index (χ1) is 8.91. The number of rotatable bonds is 6. The number of hydrogen-bond donors (Lipinski definition) is 2. The van der Waals surface area contributed by atoms with Gasteiger partial charge in [-0.2, -0.15) is 0 Å². The van der Waals surface area contributed by atoms with E-state index in [2.05, 4.69) is 5.32 Å². The van der Waals surface area contributed by atoms with E-state index >= 15 is 0 Å². The van der Waals surface area contributed by atoms with Crippen LogP contribution in [0.5, 0.6) is 0 Å². The number of thiophene rings is 1. The van der Waals surface area contributed by atoms with Crippen molar-refractivity contribution < 1.29 is 14.7 Å². The fraction of sp³-hybridized carbons (Fsp3) is 0.538. The van der Waals surface area contributed by atoms with Gasteiger partial charge in [0.25, 0.3) is 5.91 Å². The molecule has 1 heterocycles. The maximum absolute atomic E-state index is 12.0. The third-order valence-electron chi connectivity index (χ3n) is 2.55. The normalized spacial score (nSPS) is 12.3. The summed E-state index contributed by atoms with van der Waals surface area (Å²) in [6.07, 6.45) is -0.584. The Hall–Kier alpha value is -1.40. The van der Waals surface area contributed by atoms with Crippen molar-refractivity contribution in [2.24, 2.45) is 0 Å². The predicted octanol–water partition coefficient (Wildman–Crippen LogP) is 1.10. The summed E-state index contributed by atoms with van der Waals surface area (Å²) in [4.78, 5) is 25.8. The molecule has 0 fully saturated rings. The first kappa shape index (κ1) is 15.7. The summed E-state index contributed by atoms with van der Waals surface area (Å²) in [6.45, 7) is 5.60. The van der Waals surface area contributed by atoms with Gasteiger partial charge in [0.05, 0.1) is 17.5 Å². The lowest BCUT2D eigenvalue weighted by molar-refractivity contribution is -0.133. The quantitative estimate of drug-likeness (QED) is 0.821. The van der Waals surface area contributed by atoms with Crippen molar-refractivity contribution in [1.82, 2.24) is 10.2 Å². The van der Waals surface area contributed by atoms with Crippen LogP contribution < -0.4 is 5.32 Å². The summed E-state index contributed by atoms with van der Waals surface area (Å²) in [5.41, 5.74) is 0. The fourth-order valence-corrected chi connectivity index (χ4v) is 2.28. The van der Waals surface area contributed by atoms with Crippen LogP contribution in [-0.2, 0) is 4.79 Å². The van der Waals surface area contributed by atoms with Gasteiger partial charge in [-0.3, -0.25) is 9.59 Å². The van der Waals surface area contributed by atoms with Crippen LogP contribution in [-0.4, -0.2) is 47.1 Å². The highest BCUT2D eigenvalue weighted by atomic mass is 32.1. The Labute approximate surface area is 117 Å². The van der Waals surface area contributed by atoms with Gasteiger partial charge in [0.1, 0.15) is 0 Å². The maximum Gasteiger partial charge on any atom is 0.261 e. The van der Waals surface area contributed by atoms with E-state index in [1.165, 1.54) is 11.3 Å². The topological polar surface area (TPSA) is 69.6 Å². The molecule has 0 aliphatic carbocycles. The zero-order chi connectivity index (χ0) is 14.4. The van der Waals surface area contributed by atoms with Gasteiger partial charge in [-0.25, -0.2) is 0 Å². The van der Waals surface area contributed by atoms with Crippen molar-refractivity contribution in [2.45, 2.75) is 32.9 Å². The molecule has 0 saturated heterocycles. The summed E-state index contributed by atoms with van der Waals surface area (Å²) in [5, 5.41) is 13.8. The van der Waals surface area contributed by atoms with Crippen LogP contribution in [0.25, 0.3) is 0 Å². The van der Waals surface area contributed by atoms with Crippen LogP contribution >= 0.6 is 11.3 Å². The van der Waals surface area contributed by atoms with Crippen molar-refractivity contribution in [3.63, 3.8) is 0 Å². The van der Waals surface area contributed by atoms with E-state index < -0.39 is 6.10 Å². The van der Waals surface area contributed by atoms with Gasteiger partial charge in [-0.05, 0) is 32.2 Å². The highest BCUT2D eigenvalue weighted by molar-refractivity contribution is 7.12. The molecule has 0 radical (unpaired) electrons. The summed E-state index contributed by atoms with van der Waals surface area (Å²) >= 11 is 1.33. The van der Waals surface area contributed by atoms with Crippen molar-refractivity contribution in [1.29, 1.82) is 0 Å². The van der Waals surface area contributed by atoms with Crippen molar-refractivity contribution in [3.8, 4) is 0 Å². The van der Waals surface area contributed by atoms with E-state index in [0.717, 1.165) is 0 Å². The SMILES string of the molecule is CC(O)CN(C(=O)CNC(=O)c1cccs1)C(C)C. The first-order valence-corrected chi connectivity index (χ1v) is 7.09. The van der Waals surface area contributed by atoms with Gasteiger partial charge < -0.3 is 15.3 Å². The number of carbonyl (C=O) groups is 2. The Morgan fingerprint density at radius 3 is 2.58 bits per heavy atom. The third-order valence-corrected chi connectivity index (χ3v) is 3.42. The molecule has 5 nitrogen and oxygen atoms in total. The summed E-state index contributed by atoms with van der Waals surface area (Å²) in [7, 11) is 0. The lowest BCUT2D eigenvalue weighted by Crippen LogP contribution is -2.46. The lowest BCUT2D eigenvalue weighted by atomic mass is 10.2. The number of amides is 2. The molecule has 0 aliphatic rings. The second kappa shape index (κ2) is 7.25. The molecule has 0 bridgehead atoms.